The molecule has 8 rings (SSSR count). The Morgan fingerprint density at radius 3 is 1.54 bits per heavy atom. The summed E-state index contributed by atoms with van der Waals surface area (Å²) in [6.07, 6.45) is 0. The van der Waals surface area contributed by atoms with Crippen LogP contribution in [0.2, 0.25) is 0 Å². The number of amides is 1. The van der Waals surface area contributed by atoms with E-state index in [1.54, 1.807) is 4.90 Å². The van der Waals surface area contributed by atoms with Gasteiger partial charge in [-0.25, -0.2) is 0 Å². The summed E-state index contributed by atoms with van der Waals surface area (Å²) in [5.74, 6) is 1.12. The van der Waals surface area contributed by atoms with E-state index in [1.165, 1.54) is 32.7 Å². The number of nitrogens with zero attached hydrogens (tertiary/aromatic N) is 1. The molecular weight excluding hydrogens is 566 g/mol. The molecular formula is C41H31N3O2. The molecule has 0 bridgehead atoms. The summed E-state index contributed by atoms with van der Waals surface area (Å²) < 4.78 is 6.55. The second-order valence-corrected chi connectivity index (χ2v) is 11.5. The number of carbonyl (C=O) groups is 1. The molecule has 7 aromatic rings. The summed E-state index contributed by atoms with van der Waals surface area (Å²) in [5, 5.41) is 12.0. The lowest BCUT2D eigenvalue weighted by molar-refractivity contribution is 0.0997. The van der Waals surface area contributed by atoms with E-state index in [-0.39, 0.29) is 5.91 Å². The zero-order chi connectivity index (χ0) is 30.9. The molecule has 1 aliphatic heterocycles. The van der Waals surface area contributed by atoms with Gasteiger partial charge in [-0.1, -0.05) is 103 Å². The van der Waals surface area contributed by atoms with Crippen LogP contribution in [0.25, 0.3) is 21.5 Å². The Labute approximate surface area is 267 Å². The Kier molecular flexibility index (Phi) is 7.04. The first kappa shape index (κ1) is 27.5. The molecule has 0 saturated carbocycles. The van der Waals surface area contributed by atoms with Crippen LogP contribution in [0.3, 0.4) is 0 Å². The Hall–Kier alpha value is -6.07. The Balaban J connectivity index is 1.11. The second-order valence-electron chi connectivity index (χ2n) is 11.5. The molecule has 0 saturated heterocycles. The van der Waals surface area contributed by atoms with Gasteiger partial charge in [-0.15, -0.1) is 0 Å². The Morgan fingerprint density at radius 2 is 1.00 bits per heavy atom. The largest absolute Gasteiger partial charge is 0.453 e. The average molecular weight is 598 g/mol. The first-order valence-corrected chi connectivity index (χ1v) is 15.5. The monoisotopic (exact) mass is 597 g/mol. The quantitative estimate of drug-likeness (QED) is 0.192. The molecule has 0 atom stereocenters. The molecule has 7 aromatic carbocycles. The van der Waals surface area contributed by atoms with Gasteiger partial charge in [0.05, 0.1) is 11.4 Å². The van der Waals surface area contributed by atoms with Gasteiger partial charge in [0.25, 0.3) is 5.91 Å². The van der Waals surface area contributed by atoms with Crippen molar-refractivity contribution in [3.05, 3.63) is 168 Å². The van der Waals surface area contributed by atoms with Gasteiger partial charge in [-0.2, -0.15) is 0 Å². The van der Waals surface area contributed by atoms with Crippen molar-refractivity contribution in [1.29, 1.82) is 0 Å². The summed E-state index contributed by atoms with van der Waals surface area (Å²) in [5.41, 5.74) is 6.26. The first-order valence-electron chi connectivity index (χ1n) is 15.5. The van der Waals surface area contributed by atoms with Gasteiger partial charge < -0.3 is 15.4 Å². The van der Waals surface area contributed by atoms with Crippen LogP contribution in [0.15, 0.2) is 152 Å². The fourth-order valence-corrected chi connectivity index (χ4v) is 6.25. The van der Waals surface area contributed by atoms with Crippen molar-refractivity contribution in [2.75, 3.05) is 15.5 Å². The minimum atomic E-state index is -0.112. The second kappa shape index (κ2) is 11.8. The fraction of sp³-hybridized carbons (Fsp3) is 0.0488. The highest BCUT2D eigenvalue weighted by Crippen LogP contribution is 2.49. The van der Waals surface area contributed by atoms with E-state index < -0.39 is 0 Å². The van der Waals surface area contributed by atoms with Crippen LogP contribution >= 0.6 is 0 Å². The summed E-state index contributed by atoms with van der Waals surface area (Å²) in [6, 6.07) is 50.8. The molecule has 5 nitrogen and oxygen atoms in total. The highest BCUT2D eigenvalue weighted by Gasteiger charge is 2.30. The van der Waals surface area contributed by atoms with Crippen molar-refractivity contribution in [3.8, 4) is 11.5 Å². The third kappa shape index (κ3) is 5.18. The minimum Gasteiger partial charge on any atom is -0.453 e. The third-order valence-corrected chi connectivity index (χ3v) is 8.57. The predicted molar refractivity (Wildman–Crippen MR) is 188 cm³/mol. The van der Waals surface area contributed by atoms with E-state index in [2.05, 4.69) is 95.6 Å². The summed E-state index contributed by atoms with van der Waals surface area (Å²) >= 11 is 0. The average Bonchev–Trinajstić information content (AvgIpc) is 3.12. The summed E-state index contributed by atoms with van der Waals surface area (Å²) in [7, 11) is 0. The van der Waals surface area contributed by atoms with Gasteiger partial charge in [0.2, 0.25) is 0 Å². The van der Waals surface area contributed by atoms with Crippen molar-refractivity contribution in [2.24, 2.45) is 0 Å². The molecule has 1 heterocycles. The van der Waals surface area contributed by atoms with E-state index in [0.717, 1.165) is 11.4 Å². The molecule has 5 heteroatoms. The molecule has 0 unspecified atom stereocenters. The van der Waals surface area contributed by atoms with Crippen molar-refractivity contribution >= 4 is 50.2 Å². The molecule has 2 N–H and O–H groups in total. The first-order chi connectivity index (χ1) is 22.7. The highest BCUT2D eigenvalue weighted by molar-refractivity contribution is 6.13. The van der Waals surface area contributed by atoms with Crippen molar-refractivity contribution in [3.63, 3.8) is 0 Å². The molecule has 46 heavy (non-hydrogen) atoms. The van der Waals surface area contributed by atoms with E-state index in [0.29, 0.717) is 41.5 Å². The normalized spacial score (nSPS) is 11.9. The maximum absolute atomic E-state index is 14.0. The van der Waals surface area contributed by atoms with Gasteiger partial charge in [0.1, 0.15) is 0 Å². The van der Waals surface area contributed by atoms with Crippen LogP contribution in [0.5, 0.6) is 11.5 Å². The number of benzene rings is 7. The number of hydrogen-bond acceptors (Lipinski definition) is 4. The molecule has 0 radical (unpaired) electrons. The van der Waals surface area contributed by atoms with Crippen molar-refractivity contribution < 1.29 is 9.53 Å². The summed E-state index contributed by atoms with van der Waals surface area (Å²) in [4.78, 5) is 15.8. The predicted octanol–water partition coefficient (Wildman–Crippen LogP) is 10.3. The summed E-state index contributed by atoms with van der Waals surface area (Å²) in [6.45, 7) is 1.32. The Morgan fingerprint density at radius 1 is 0.522 bits per heavy atom. The molecule has 1 aliphatic rings. The maximum Gasteiger partial charge on any atom is 0.263 e. The molecule has 1 amide bonds. The van der Waals surface area contributed by atoms with E-state index in [4.69, 9.17) is 4.74 Å². The van der Waals surface area contributed by atoms with E-state index in [9.17, 15) is 4.79 Å². The smallest absolute Gasteiger partial charge is 0.263 e. The van der Waals surface area contributed by atoms with Gasteiger partial charge in [0, 0.05) is 42.2 Å². The SMILES string of the molecule is O=C(c1ccccc1)N1c2ccc(NCc3cccc4ccccc34)cc2Oc2cc(NCc3cccc4ccccc34)ccc21. The number of anilines is 4. The lowest BCUT2D eigenvalue weighted by atomic mass is 10.0. The standard InChI is InChI=1S/C41H31N3O2/c45-41(30-12-2-1-3-13-30)44-37-22-20-33(42-26-31-16-8-14-28-10-4-6-18-35(28)31)24-39(37)46-40-25-34(21-23-38(40)44)43-27-32-17-9-15-29-11-5-7-19-36(29)32/h1-25,42-43H,26-27H2. The van der Waals surface area contributed by atoms with Crippen LogP contribution in [0.1, 0.15) is 21.5 Å². The van der Waals surface area contributed by atoms with Crippen molar-refractivity contribution in [1.82, 2.24) is 0 Å². The van der Waals surface area contributed by atoms with Crippen LogP contribution in [0, 0.1) is 0 Å². The van der Waals surface area contributed by atoms with Gasteiger partial charge in [-0.3, -0.25) is 9.69 Å². The number of ether oxygens (including phenoxy) is 1. The number of carbonyl (C=O) groups excluding carboxylic acids is 1. The Bertz CT molecular complexity index is 2080. The maximum atomic E-state index is 14.0. The molecule has 222 valence electrons. The number of rotatable bonds is 7. The zero-order valence-electron chi connectivity index (χ0n) is 25.1. The van der Waals surface area contributed by atoms with Crippen LogP contribution < -0.4 is 20.3 Å². The molecule has 0 aliphatic carbocycles. The topological polar surface area (TPSA) is 53.6 Å². The van der Waals surface area contributed by atoms with Gasteiger partial charge in [0.15, 0.2) is 11.5 Å². The van der Waals surface area contributed by atoms with Crippen LogP contribution in [0.4, 0.5) is 22.7 Å². The number of hydrogen-bond donors (Lipinski definition) is 2. The highest BCUT2D eigenvalue weighted by atomic mass is 16.5. The molecule has 0 spiro atoms. The zero-order valence-corrected chi connectivity index (χ0v) is 25.1. The van der Waals surface area contributed by atoms with E-state index >= 15 is 0 Å². The fourth-order valence-electron chi connectivity index (χ4n) is 6.25. The van der Waals surface area contributed by atoms with Crippen LogP contribution in [-0.2, 0) is 13.1 Å². The minimum absolute atomic E-state index is 0.112. The van der Waals surface area contributed by atoms with Gasteiger partial charge >= 0.3 is 0 Å². The number of nitrogens with one attached hydrogen (secondary N) is 2. The molecule has 0 aromatic heterocycles. The lowest BCUT2D eigenvalue weighted by Gasteiger charge is -2.32. The van der Waals surface area contributed by atoms with E-state index in [1.807, 2.05) is 66.7 Å². The van der Waals surface area contributed by atoms with Crippen LogP contribution in [-0.4, -0.2) is 5.91 Å². The van der Waals surface area contributed by atoms with Crippen molar-refractivity contribution in [2.45, 2.75) is 13.1 Å². The number of fused-ring (bicyclic) bond motifs is 4. The lowest BCUT2D eigenvalue weighted by Crippen LogP contribution is -2.28. The molecule has 0 fully saturated rings. The van der Waals surface area contributed by atoms with Gasteiger partial charge in [-0.05, 0) is 69.1 Å². The third-order valence-electron chi connectivity index (χ3n) is 8.57.